The number of aromatic nitrogens is 3. The van der Waals surface area contributed by atoms with Crippen molar-refractivity contribution in [2.45, 2.75) is 44.6 Å². The summed E-state index contributed by atoms with van der Waals surface area (Å²) in [7, 11) is 0. The molecule has 1 aliphatic rings. The SMILES string of the molecule is CC1NC(=O)CC(c2nc(C(C)c3ccc(C(F)(F)F)cc3)n[nH]2)N1. The van der Waals surface area contributed by atoms with E-state index in [1.807, 2.05) is 13.8 Å². The third-order valence-electron chi connectivity index (χ3n) is 4.19. The first-order chi connectivity index (χ1) is 11.7. The van der Waals surface area contributed by atoms with Crippen LogP contribution in [-0.4, -0.2) is 27.3 Å². The number of H-pyrrole nitrogens is 1. The molecule has 0 spiro atoms. The topological polar surface area (TPSA) is 82.7 Å². The second-order valence-electron chi connectivity index (χ2n) is 6.13. The van der Waals surface area contributed by atoms with E-state index in [-0.39, 0.29) is 30.5 Å². The van der Waals surface area contributed by atoms with Crippen molar-refractivity contribution in [2.24, 2.45) is 0 Å². The maximum Gasteiger partial charge on any atom is 0.416 e. The van der Waals surface area contributed by atoms with Gasteiger partial charge < -0.3 is 5.32 Å². The molecule has 0 radical (unpaired) electrons. The van der Waals surface area contributed by atoms with E-state index in [1.165, 1.54) is 12.1 Å². The zero-order chi connectivity index (χ0) is 18.2. The number of halogens is 3. The van der Waals surface area contributed by atoms with E-state index in [2.05, 4.69) is 25.8 Å². The third kappa shape index (κ3) is 3.81. The van der Waals surface area contributed by atoms with Crippen LogP contribution in [0.2, 0.25) is 0 Å². The van der Waals surface area contributed by atoms with Gasteiger partial charge in [-0.1, -0.05) is 19.1 Å². The Morgan fingerprint density at radius 3 is 2.52 bits per heavy atom. The highest BCUT2D eigenvalue weighted by molar-refractivity contribution is 5.77. The fourth-order valence-electron chi connectivity index (χ4n) is 2.81. The van der Waals surface area contributed by atoms with E-state index in [0.717, 1.165) is 12.1 Å². The van der Waals surface area contributed by atoms with Crippen molar-refractivity contribution in [2.75, 3.05) is 0 Å². The Labute approximate surface area is 142 Å². The lowest BCUT2D eigenvalue weighted by atomic mass is 9.99. The number of carbonyl (C=O) groups is 1. The normalized spacial score (nSPS) is 22.5. The molecule has 9 heteroatoms. The van der Waals surface area contributed by atoms with Crippen LogP contribution < -0.4 is 10.6 Å². The highest BCUT2D eigenvalue weighted by Crippen LogP contribution is 2.31. The molecule has 2 heterocycles. The molecule has 1 fully saturated rings. The molecule has 0 bridgehead atoms. The summed E-state index contributed by atoms with van der Waals surface area (Å²) in [4.78, 5) is 16.0. The Balaban J connectivity index is 1.76. The first kappa shape index (κ1) is 17.4. The Morgan fingerprint density at radius 1 is 1.24 bits per heavy atom. The van der Waals surface area contributed by atoms with Gasteiger partial charge in [0.05, 0.1) is 17.8 Å². The summed E-state index contributed by atoms with van der Waals surface area (Å²) < 4.78 is 37.9. The van der Waals surface area contributed by atoms with Crippen LogP contribution in [0.15, 0.2) is 24.3 Å². The van der Waals surface area contributed by atoms with Crippen molar-refractivity contribution in [1.29, 1.82) is 0 Å². The minimum atomic E-state index is -4.36. The highest BCUT2D eigenvalue weighted by Gasteiger charge is 2.31. The van der Waals surface area contributed by atoms with Crippen molar-refractivity contribution in [3.8, 4) is 0 Å². The van der Waals surface area contributed by atoms with Gasteiger partial charge in [0.15, 0.2) is 5.82 Å². The van der Waals surface area contributed by atoms with Crippen molar-refractivity contribution < 1.29 is 18.0 Å². The molecule has 6 nitrogen and oxygen atoms in total. The minimum Gasteiger partial charge on any atom is -0.341 e. The number of rotatable bonds is 3. The molecule has 3 rings (SSSR count). The molecular weight excluding hydrogens is 335 g/mol. The Morgan fingerprint density at radius 2 is 1.92 bits per heavy atom. The summed E-state index contributed by atoms with van der Waals surface area (Å²) in [6.45, 7) is 3.64. The molecule has 3 N–H and O–H groups in total. The molecule has 0 aliphatic carbocycles. The van der Waals surface area contributed by atoms with Crippen molar-refractivity contribution in [3.05, 3.63) is 47.0 Å². The van der Waals surface area contributed by atoms with Gasteiger partial charge in [-0.3, -0.25) is 15.2 Å². The van der Waals surface area contributed by atoms with Crippen LogP contribution in [-0.2, 0) is 11.0 Å². The van der Waals surface area contributed by atoms with E-state index in [4.69, 9.17) is 0 Å². The standard InChI is InChI=1S/C16H18F3N5O/c1-8(10-3-5-11(6-4-10)16(17,18)19)14-22-15(24-23-14)12-7-13(25)21-9(2)20-12/h3-6,8-9,12,20H,7H2,1-2H3,(H,21,25)(H,22,23,24). The van der Waals surface area contributed by atoms with E-state index >= 15 is 0 Å². The van der Waals surface area contributed by atoms with Crippen LogP contribution in [0.1, 0.15) is 55.0 Å². The van der Waals surface area contributed by atoms with E-state index in [1.54, 1.807) is 0 Å². The molecule has 2 aromatic rings. The van der Waals surface area contributed by atoms with Crippen molar-refractivity contribution >= 4 is 5.91 Å². The number of carbonyl (C=O) groups excluding carboxylic acids is 1. The fraction of sp³-hybridized carbons (Fsp3) is 0.438. The van der Waals surface area contributed by atoms with E-state index in [0.29, 0.717) is 17.2 Å². The number of benzene rings is 1. The average molecular weight is 353 g/mol. The molecule has 0 saturated carbocycles. The van der Waals surface area contributed by atoms with Crippen LogP contribution in [0.3, 0.4) is 0 Å². The van der Waals surface area contributed by atoms with Gasteiger partial charge in [0.2, 0.25) is 5.91 Å². The summed E-state index contributed by atoms with van der Waals surface area (Å²) in [5.74, 6) is 0.651. The lowest BCUT2D eigenvalue weighted by Gasteiger charge is -2.27. The third-order valence-corrected chi connectivity index (χ3v) is 4.19. The van der Waals surface area contributed by atoms with Gasteiger partial charge in [-0.2, -0.15) is 18.3 Å². The van der Waals surface area contributed by atoms with Gasteiger partial charge in [0.25, 0.3) is 0 Å². The summed E-state index contributed by atoms with van der Waals surface area (Å²) in [5.41, 5.74) is -0.00760. The Hall–Kier alpha value is -2.42. The largest absolute Gasteiger partial charge is 0.416 e. The van der Waals surface area contributed by atoms with Gasteiger partial charge in [-0.15, -0.1) is 0 Å². The van der Waals surface area contributed by atoms with E-state index in [9.17, 15) is 18.0 Å². The van der Waals surface area contributed by atoms with Gasteiger partial charge in [0.1, 0.15) is 5.82 Å². The van der Waals surface area contributed by atoms with Gasteiger partial charge in [-0.05, 0) is 24.6 Å². The van der Waals surface area contributed by atoms with Crippen molar-refractivity contribution in [1.82, 2.24) is 25.8 Å². The molecule has 1 saturated heterocycles. The van der Waals surface area contributed by atoms with Crippen molar-refractivity contribution in [3.63, 3.8) is 0 Å². The second-order valence-corrected chi connectivity index (χ2v) is 6.13. The molecule has 1 amide bonds. The highest BCUT2D eigenvalue weighted by atomic mass is 19.4. The lowest BCUT2D eigenvalue weighted by molar-refractivity contribution is -0.137. The van der Waals surface area contributed by atoms with Crippen LogP contribution >= 0.6 is 0 Å². The molecular formula is C16H18F3N5O. The molecule has 3 unspecified atom stereocenters. The quantitative estimate of drug-likeness (QED) is 0.792. The first-order valence-corrected chi connectivity index (χ1v) is 7.89. The smallest absolute Gasteiger partial charge is 0.341 e. The van der Waals surface area contributed by atoms with Gasteiger partial charge in [0, 0.05) is 12.3 Å². The minimum absolute atomic E-state index is 0.0787. The first-order valence-electron chi connectivity index (χ1n) is 7.89. The average Bonchev–Trinajstić information content (AvgIpc) is 3.02. The van der Waals surface area contributed by atoms with Crippen LogP contribution in [0.25, 0.3) is 0 Å². The number of hydrogen-bond donors (Lipinski definition) is 3. The maximum absolute atomic E-state index is 12.6. The fourth-order valence-corrected chi connectivity index (χ4v) is 2.81. The predicted molar refractivity (Wildman–Crippen MR) is 83.4 cm³/mol. The number of alkyl halides is 3. The second kappa shape index (κ2) is 6.47. The number of amides is 1. The summed E-state index contributed by atoms with van der Waals surface area (Å²) >= 11 is 0. The Kier molecular flexibility index (Phi) is 4.51. The van der Waals surface area contributed by atoms with Crippen LogP contribution in [0.5, 0.6) is 0 Å². The molecule has 3 atom stereocenters. The number of hydrogen-bond acceptors (Lipinski definition) is 4. The molecule has 1 aliphatic heterocycles. The zero-order valence-electron chi connectivity index (χ0n) is 13.7. The molecule has 134 valence electrons. The van der Waals surface area contributed by atoms with Gasteiger partial charge >= 0.3 is 6.18 Å². The zero-order valence-corrected chi connectivity index (χ0v) is 13.7. The maximum atomic E-state index is 12.6. The summed E-state index contributed by atoms with van der Waals surface area (Å²) in [6.07, 6.45) is -4.29. The Bertz CT molecular complexity index is 756. The van der Waals surface area contributed by atoms with Crippen LogP contribution in [0.4, 0.5) is 13.2 Å². The molecule has 25 heavy (non-hydrogen) atoms. The lowest BCUT2D eigenvalue weighted by Crippen LogP contribution is -2.51. The summed E-state index contributed by atoms with van der Waals surface area (Å²) in [5, 5.41) is 12.9. The number of nitrogens with zero attached hydrogens (tertiary/aromatic N) is 2. The number of aromatic amines is 1. The molecule has 1 aromatic carbocycles. The van der Waals surface area contributed by atoms with Crippen LogP contribution in [0, 0.1) is 0 Å². The van der Waals surface area contributed by atoms with E-state index < -0.39 is 11.7 Å². The predicted octanol–water partition coefficient (Wildman–Crippen LogP) is 2.47. The summed E-state index contributed by atoms with van der Waals surface area (Å²) in [6, 6.07) is 4.68. The van der Waals surface area contributed by atoms with Gasteiger partial charge in [-0.25, -0.2) is 4.98 Å². The molecule has 1 aromatic heterocycles. The monoisotopic (exact) mass is 353 g/mol. The number of nitrogens with one attached hydrogen (secondary N) is 3.